The highest BCUT2D eigenvalue weighted by molar-refractivity contribution is 7.09. The minimum absolute atomic E-state index is 0.689. The number of nitrogens with one attached hydrogen (secondary N) is 1. The Morgan fingerprint density at radius 3 is 3.13 bits per heavy atom. The highest BCUT2D eigenvalue weighted by Gasteiger charge is 2.13. The summed E-state index contributed by atoms with van der Waals surface area (Å²) in [5, 5.41) is 7.55. The molecule has 118 valence electrons. The number of guanidine groups is 1. The van der Waals surface area contributed by atoms with Crippen LogP contribution >= 0.6 is 11.3 Å². The molecule has 1 aliphatic rings. The van der Waals surface area contributed by atoms with Gasteiger partial charge in [-0.3, -0.25) is 4.99 Å². The Hall–Kier alpha value is -2.34. The molecule has 0 fully saturated rings. The highest BCUT2D eigenvalue weighted by atomic mass is 32.1. The second-order valence-electron chi connectivity index (χ2n) is 5.61. The Labute approximate surface area is 138 Å². The predicted octanol–water partition coefficient (Wildman–Crippen LogP) is 3.34. The highest BCUT2D eigenvalue weighted by Crippen LogP contribution is 2.28. The molecule has 23 heavy (non-hydrogen) atoms. The predicted molar refractivity (Wildman–Crippen MR) is 93.7 cm³/mol. The number of hydrogen-bond donors (Lipinski definition) is 1. The Kier molecular flexibility index (Phi) is 3.75. The maximum Gasteiger partial charge on any atom is 0.194 e. The Balaban J connectivity index is 1.49. The summed E-state index contributed by atoms with van der Waals surface area (Å²) in [7, 11) is 2.06. The lowest BCUT2D eigenvalue weighted by Crippen LogP contribution is -2.41. The molecule has 0 radical (unpaired) electrons. The van der Waals surface area contributed by atoms with E-state index in [1.165, 1.54) is 0 Å². The molecule has 0 bridgehead atoms. The van der Waals surface area contributed by atoms with Gasteiger partial charge in [-0.15, -0.1) is 11.3 Å². The number of thiazole rings is 1. The molecule has 3 heterocycles. The van der Waals surface area contributed by atoms with Gasteiger partial charge in [0.1, 0.15) is 16.3 Å². The number of nitrogens with zero attached hydrogens (tertiary/aromatic N) is 3. The molecule has 1 aromatic carbocycles. The van der Waals surface area contributed by atoms with Crippen LogP contribution in [0.1, 0.15) is 11.4 Å². The number of fused-ring (bicyclic) bond motifs is 1. The van der Waals surface area contributed by atoms with Gasteiger partial charge < -0.3 is 14.6 Å². The van der Waals surface area contributed by atoms with E-state index >= 15 is 0 Å². The van der Waals surface area contributed by atoms with E-state index in [2.05, 4.69) is 27.2 Å². The summed E-state index contributed by atoms with van der Waals surface area (Å²) in [5.41, 5.74) is 1.79. The molecule has 0 saturated carbocycles. The van der Waals surface area contributed by atoms with Crippen molar-refractivity contribution in [2.45, 2.75) is 13.0 Å². The van der Waals surface area contributed by atoms with Gasteiger partial charge in [0, 0.05) is 30.9 Å². The van der Waals surface area contributed by atoms with Gasteiger partial charge in [0.15, 0.2) is 11.7 Å². The third-order valence-electron chi connectivity index (χ3n) is 3.90. The Morgan fingerprint density at radius 1 is 1.35 bits per heavy atom. The fourth-order valence-electron chi connectivity index (χ4n) is 2.68. The van der Waals surface area contributed by atoms with Gasteiger partial charge in [-0.2, -0.15) is 0 Å². The quantitative estimate of drug-likeness (QED) is 0.802. The average Bonchev–Trinajstić information content (AvgIpc) is 3.20. The molecule has 2 aromatic heterocycles. The molecule has 3 aromatic rings. The number of furan rings is 1. The van der Waals surface area contributed by atoms with Crippen LogP contribution in [0.15, 0.2) is 45.1 Å². The topological polar surface area (TPSA) is 53.7 Å². The van der Waals surface area contributed by atoms with Crippen molar-refractivity contribution in [2.75, 3.05) is 20.1 Å². The van der Waals surface area contributed by atoms with Gasteiger partial charge in [-0.25, -0.2) is 4.98 Å². The maximum absolute atomic E-state index is 5.87. The zero-order valence-corrected chi connectivity index (χ0v) is 13.8. The number of hydrogen-bond acceptors (Lipinski definition) is 6. The Bertz CT molecular complexity index is 818. The van der Waals surface area contributed by atoms with Crippen molar-refractivity contribution in [1.82, 2.24) is 15.2 Å². The van der Waals surface area contributed by atoms with E-state index in [0.717, 1.165) is 52.9 Å². The summed E-state index contributed by atoms with van der Waals surface area (Å²) in [6, 6.07) is 10.1. The van der Waals surface area contributed by atoms with Crippen molar-refractivity contribution in [2.24, 2.45) is 4.99 Å². The smallest absolute Gasteiger partial charge is 0.194 e. The minimum atomic E-state index is 0.689. The van der Waals surface area contributed by atoms with Crippen LogP contribution in [-0.2, 0) is 6.54 Å². The summed E-state index contributed by atoms with van der Waals surface area (Å²) in [6.07, 6.45) is 1.12. The molecular weight excluding hydrogens is 308 g/mol. The molecule has 0 aliphatic carbocycles. The molecule has 0 spiro atoms. The van der Waals surface area contributed by atoms with E-state index in [4.69, 9.17) is 4.42 Å². The molecule has 5 nitrogen and oxygen atoms in total. The first-order valence-corrected chi connectivity index (χ1v) is 8.60. The molecule has 6 heteroatoms. The van der Waals surface area contributed by atoms with Gasteiger partial charge >= 0.3 is 0 Å². The van der Waals surface area contributed by atoms with Crippen LogP contribution < -0.4 is 5.32 Å². The van der Waals surface area contributed by atoms with E-state index in [1.54, 1.807) is 11.3 Å². The number of benzene rings is 1. The van der Waals surface area contributed by atoms with Crippen molar-refractivity contribution in [3.05, 3.63) is 40.7 Å². The third kappa shape index (κ3) is 2.94. The number of rotatable bonds is 3. The first-order valence-electron chi connectivity index (χ1n) is 7.72. The van der Waals surface area contributed by atoms with Crippen molar-refractivity contribution >= 4 is 28.3 Å². The van der Waals surface area contributed by atoms with Crippen LogP contribution in [0, 0.1) is 0 Å². The van der Waals surface area contributed by atoms with Gasteiger partial charge in [0.05, 0.1) is 6.54 Å². The van der Waals surface area contributed by atoms with E-state index in [0.29, 0.717) is 6.54 Å². The molecule has 1 N–H and O–H groups in total. The van der Waals surface area contributed by atoms with Gasteiger partial charge in [-0.1, -0.05) is 18.2 Å². The average molecular weight is 326 g/mol. The summed E-state index contributed by atoms with van der Waals surface area (Å²) in [5.74, 6) is 1.78. The van der Waals surface area contributed by atoms with Crippen LogP contribution in [0.5, 0.6) is 0 Å². The first-order chi connectivity index (χ1) is 11.3. The lowest BCUT2D eigenvalue weighted by atomic mass is 10.2. The summed E-state index contributed by atoms with van der Waals surface area (Å²) >= 11 is 1.64. The molecule has 0 amide bonds. The molecule has 0 atom stereocenters. The van der Waals surface area contributed by atoms with E-state index < -0.39 is 0 Å². The van der Waals surface area contributed by atoms with Gasteiger partial charge in [0.25, 0.3) is 0 Å². The maximum atomic E-state index is 5.87. The van der Waals surface area contributed by atoms with Crippen molar-refractivity contribution in [1.29, 1.82) is 0 Å². The summed E-state index contributed by atoms with van der Waals surface area (Å²) in [6.45, 7) is 2.64. The molecule has 1 aliphatic heterocycles. The lowest BCUT2D eigenvalue weighted by molar-refractivity contribution is 0.446. The largest absolute Gasteiger partial charge is 0.454 e. The molecular formula is C17H18N4OS. The van der Waals surface area contributed by atoms with Crippen LogP contribution in [-0.4, -0.2) is 36.0 Å². The fraction of sp³-hybridized carbons (Fsp3) is 0.294. The van der Waals surface area contributed by atoms with Crippen LogP contribution in [0.3, 0.4) is 0 Å². The SMILES string of the molecule is CN1CCCN=C1NCc1nc(-c2cc3ccccc3o2)cs1. The summed E-state index contributed by atoms with van der Waals surface area (Å²) < 4.78 is 5.87. The van der Waals surface area contributed by atoms with Crippen LogP contribution in [0.2, 0.25) is 0 Å². The summed E-state index contributed by atoms with van der Waals surface area (Å²) in [4.78, 5) is 11.3. The molecule has 0 unspecified atom stereocenters. The number of aromatic nitrogens is 1. The van der Waals surface area contributed by atoms with E-state index in [-0.39, 0.29) is 0 Å². The number of para-hydroxylation sites is 1. The first kappa shape index (κ1) is 14.3. The Morgan fingerprint density at radius 2 is 2.26 bits per heavy atom. The second kappa shape index (κ2) is 6.04. The van der Waals surface area contributed by atoms with E-state index in [9.17, 15) is 0 Å². The van der Waals surface area contributed by atoms with Crippen molar-refractivity contribution in [3.63, 3.8) is 0 Å². The zero-order valence-electron chi connectivity index (χ0n) is 13.0. The van der Waals surface area contributed by atoms with Crippen molar-refractivity contribution < 1.29 is 4.42 Å². The normalized spacial score (nSPS) is 15.0. The van der Waals surface area contributed by atoms with Crippen molar-refractivity contribution in [3.8, 4) is 11.5 Å². The van der Waals surface area contributed by atoms with E-state index in [1.807, 2.05) is 35.7 Å². The van der Waals surface area contributed by atoms with Gasteiger partial charge in [0.2, 0.25) is 0 Å². The fourth-order valence-corrected chi connectivity index (χ4v) is 3.40. The van der Waals surface area contributed by atoms with Crippen LogP contribution in [0.4, 0.5) is 0 Å². The standard InChI is InChI=1S/C17H18N4OS/c1-21-8-4-7-18-17(21)19-10-16-20-13(11-23-16)15-9-12-5-2-3-6-14(12)22-15/h2-3,5-6,9,11H,4,7-8,10H2,1H3,(H,18,19). The minimum Gasteiger partial charge on any atom is -0.454 e. The second-order valence-corrected chi connectivity index (χ2v) is 6.55. The molecule has 4 rings (SSSR count). The zero-order chi connectivity index (χ0) is 15.6. The van der Waals surface area contributed by atoms with Gasteiger partial charge in [-0.05, 0) is 18.6 Å². The monoisotopic (exact) mass is 326 g/mol. The van der Waals surface area contributed by atoms with Crippen LogP contribution in [0.25, 0.3) is 22.4 Å². The number of aliphatic imine (C=N–C) groups is 1. The third-order valence-corrected chi connectivity index (χ3v) is 4.75. The molecule has 0 saturated heterocycles. The lowest BCUT2D eigenvalue weighted by Gasteiger charge is -2.25.